The molecule has 184 valence electrons. The van der Waals surface area contributed by atoms with E-state index in [9.17, 15) is 15.0 Å². The van der Waals surface area contributed by atoms with Crippen molar-refractivity contribution >= 4 is 12.0 Å². The molecule has 1 atom stereocenters. The number of phenolic OH excluding ortho intramolecular Hbond substituents is 2. The number of esters is 1. The van der Waals surface area contributed by atoms with Crippen molar-refractivity contribution < 1.29 is 19.7 Å². The molecule has 0 bridgehead atoms. The average molecular weight is 457 g/mol. The van der Waals surface area contributed by atoms with E-state index in [1.165, 1.54) is 67.5 Å². The lowest BCUT2D eigenvalue weighted by Gasteiger charge is -2.13. The standard InChI is InChI=1S/C29H44O4/c1-22(2)9-6-10-23(3)11-7-12-24(4)13-8-14-25(5)19-20-33-29(32)18-16-26-15-17-27(30)28(31)21-26/h15-19,21-23,30-31H,4,6-14,20H2,1-3,5H3/b18-16+,25-19+. The van der Waals surface area contributed by atoms with Crippen molar-refractivity contribution in [2.75, 3.05) is 6.61 Å². The van der Waals surface area contributed by atoms with E-state index in [-0.39, 0.29) is 18.1 Å². The Balaban J connectivity index is 2.16. The Kier molecular flexibility index (Phi) is 14.0. The van der Waals surface area contributed by atoms with Gasteiger partial charge in [0.2, 0.25) is 0 Å². The molecule has 0 aliphatic rings. The molecule has 0 aromatic heterocycles. The lowest BCUT2D eigenvalue weighted by molar-refractivity contribution is -0.136. The topological polar surface area (TPSA) is 66.8 Å². The Labute approximate surface area is 201 Å². The zero-order valence-corrected chi connectivity index (χ0v) is 21.1. The zero-order valence-electron chi connectivity index (χ0n) is 21.1. The summed E-state index contributed by atoms with van der Waals surface area (Å²) < 4.78 is 5.20. The fourth-order valence-electron chi connectivity index (χ4n) is 3.69. The molecule has 0 radical (unpaired) electrons. The number of rotatable bonds is 16. The van der Waals surface area contributed by atoms with Crippen LogP contribution in [0.3, 0.4) is 0 Å². The highest BCUT2D eigenvalue weighted by molar-refractivity contribution is 5.87. The lowest BCUT2D eigenvalue weighted by atomic mass is 9.94. The summed E-state index contributed by atoms with van der Waals surface area (Å²) in [6.07, 6.45) is 15.6. The van der Waals surface area contributed by atoms with Crippen molar-refractivity contribution in [3.8, 4) is 11.5 Å². The van der Waals surface area contributed by atoms with Crippen LogP contribution in [-0.2, 0) is 9.53 Å². The minimum Gasteiger partial charge on any atom is -0.504 e. The van der Waals surface area contributed by atoms with Gasteiger partial charge in [-0.3, -0.25) is 0 Å². The van der Waals surface area contributed by atoms with Gasteiger partial charge in [-0.25, -0.2) is 4.79 Å². The van der Waals surface area contributed by atoms with Crippen molar-refractivity contribution in [3.05, 3.63) is 53.6 Å². The molecule has 0 fully saturated rings. The van der Waals surface area contributed by atoms with Gasteiger partial charge in [0.15, 0.2) is 11.5 Å². The summed E-state index contributed by atoms with van der Waals surface area (Å²) in [4.78, 5) is 11.8. The van der Waals surface area contributed by atoms with Gasteiger partial charge in [0, 0.05) is 6.08 Å². The van der Waals surface area contributed by atoms with Crippen LogP contribution in [-0.4, -0.2) is 22.8 Å². The molecular weight excluding hydrogens is 412 g/mol. The van der Waals surface area contributed by atoms with Gasteiger partial charge >= 0.3 is 5.97 Å². The predicted molar refractivity (Wildman–Crippen MR) is 138 cm³/mol. The smallest absolute Gasteiger partial charge is 0.331 e. The molecule has 1 aromatic carbocycles. The van der Waals surface area contributed by atoms with Crippen LogP contribution < -0.4 is 0 Å². The summed E-state index contributed by atoms with van der Waals surface area (Å²) in [6, 6.07) is 4.35. The molecule has 0 aliphatic carbocycles. The number of benzene rings is 1. The molecule has 0 saturated carbocycles. The van der Waals surface area contributed by atoms with Crippen LogP contribution >= 0.6 is 0 Å². The number of hydrogen-bond donors (Lipinski definition) is 2. The first-order valence-corrected chi connectivity index (χ1v) is 12.4. The molecule has 33 heavy (non-hydrogen) atoms. The average Bonchev–Trinajstić information content (AvgIpc) is 2.74. The highest BCUT2D eigenvalue weighted by atomic mass is 16.5. The Hall–Kier alpha value is -2.49. The molecule has 4 heteroatoms. The first-order chi connectivity index (χ1) is 15.7. The van der Waals surface area contributed by atoms with Gasteiger partial charge in [-0.15, -0.1) is 0 Å². The lowest BCUT2D eigenvalue weighted by Crippen LogP contribution is -2.00. The van der Waals surface area contributed by atoms with E-state index in [2.05, 4.69) is 34.3 Å². The van der Waals surface area contributed by atoms with Crippen molar-refractivity contribution in [1.82, 2.24) is 0 Å². The molecule has 0 saturated heterocycles. The van der Waals surface area contributed by atoms with Crippen LogP contribution in [0, 0.1) is 11.8 Å². The molecule has 0 aliphatic heterocycles. The highest BCUT2D eigenvalue weighted by Crippen LogP contribution is 2.25. The summed E-state index contributed by atoms with van der Waals surface area (Å²) in [6.45, 7) is 13.5. The minimum atomic E-state index is -0.446. The van der Waals surface area contributed by atoms with Crippen LogP contribution in [0.1, 0.15) is 91.0 Å². The second-order valence-electron chi connectivity index (χ2n) is 9.69. The van der Waals surface area contributed by atoms with E-state index in [0.29, 0.717) is 5.56 Å². The highest BCUT2D eigenvalue weighted by Gasteiger charge is 2.05. The van der Waals surface area contributed by atoms with Gasteiger partial charge in [0.05, 0.1) is 0 Å². The SMILES string of the molecule is C=C(CCC/C(C)=C/COC(=O)/C=C/c1ccc(O)c(O)c1)CCCC(C)CCCC(C)C. The molecule has 2 N–H and O–H groups in total. The van der Waals surface area contributed by atoms with Gasteiger partial charge in [-0.05, 0) is 80.7 Å². The number of phenols is 2. The third-order valence-corrected chi connectivity index (χ3v) is 5.88. The second kappa shape index (κ2) is 16.2. The summed E-state index contributed by atoms with van der Waals surface area (Å²) >= 11 is 0. The molecule has 1 unspecified atom stereocenters. The van der Waals surface area contributed by atoms with E-state index in [4.69, 9.17) is 4.74 Å². The fraction of sp³-hybridized carbons (Fsp3) is 0.552. The maximum atomic E-state index is 11.8. The number of ether oxygens (including phenoxy) is 1. The monoisotopic (exact) mass is 456 g/mol. The van der Waals surface area contributed by atoms with E-state index in [0.717, 1.165) is 37.5 Å². The van der Waals surface area contributed by atoms with Gasteiger partial charge in [0.1, 0.15) is 6.61 Å². The number of carbonyl (C=O) groups excluding carboxylic acids is 1. The van der Waals surface area contributed by atoms with Crippen LogP contribution in [0.25, 0.3) is 6.08 Å². The Morgan fingerprint density at radius 2 is 1.70 bits per heavy atom. The molecule has 1 aromatic rings. The Morgan fingerprint density at radius 1 is 1.00 bits per heavy atom. The van der Waals surface area contributed by atoms with Gasteiger partial charge < -0.3 is 14.9 Å². The van der Waals surface area contributed by atoms with Gasteiger partial charge in [-0.2, -0.15) is 0 Å². The van der Waals surface area contributed by atoms with E-state index in [1.54, 1.807) is 6.07 Å². The third kappa shape index (κ3) is 14.3. The van der Waals surface area contributed by atoms with Gasteiger partial charge in [0.25, 0.3) is 0 Å². The van der Waals surface area contributed by atoms with Crippen molar-refractivity contribution in [3.63, 3.8) is 0 Å². The molecule has 4 nitrogen and oxygen atoms in total. The maximum Gasteiger partial charge on any atom is 0.331 e. The normalized spacial score (nSPS) is 12.9. The zero-order chi connectivity index (χ0) is 24.6. The summed E-state index contributed by atoms with van der Waals surface area (Å²) in [5.74, 6) is 0.761. The van der Waals surface area contributed by atoms with Crippen LogP contribution in [0.2, 0.25) is 0 Å². The first kappa shape index (κ1) is 28.5. The van der Waals surface area contributed by atoms with Gasteiger partial charge in [-0.1, -0.05) is 70.2 Å². The molecule has 1 rings (SSSR count). The van der Waals surface area contributed by atoms with Crippen molar-refractivity contribution in [2.24, 2.45) is 11.8 Å². The van der Waals surface area contributed by atoms with E-state index < -0.39 is 5.97 Å². The minimum absolute atomic E-state index is 0.193. The maximum absolute atomic E-state index is 11.8. The predicted octanol–water partition coefficient (Wildman–Crippen LogP) is 7.96. The summed E-state index contributed by atoms with van der Waals surface area (Å²) in [5.41, 5.74) is 3.16. The quantitative estimate of drug-likeness (QED) is 0.115. The van der Waals surface area contributed by atoms with E-state index >= 15 is 0 Å². The molecule has 0 amide bonds. The summed E-state index contributed by atoms with van der Waals surface area (Å²) in [5, 5.41) is 18.8. The molecular formula is C29H44O4. The second-order valence-corrected chi connectivity index (χ2v) is 9.69. The van der Waals surface area contributed by atoms with Crippen molar-refractivity contribution in [2.45, 2.75) is 85.5 Å². The Morgan fingerprint density at radius 3 is 2.39 bits per heavy atom. The Bertz CT molecular complexity index is 789. The largest absolute Gasteiger partial charge is 0.504 e. The number of hydrogen-bond acceptors (Lipinski definition) is 4. The number of aromatic hydroxyl groups is 2. The number of carbonyl (C=O) groups is 1. The molecule has 0 spiro atoms. The van der Waals surface area contributed by atoms with Crippen LogP contribution in [0.15, 0.2) is 48.1 Å². The van der Waals surface area contributed by atoms with Crippen LogP contribution in [0.4, 0.5) is 0 Å². The van der Waals surface area contributed by atoms with E-state index in [1.807, 2.05) is 6.08 Å². The summed E-state index contributed by atoms with van der Waals surface area (Å²) in [7, 11) is 0. The third-order valence-electron chi connectivity index (χ3n) is 5.88. The van der Waals surface area contributed by atoms with Crippen LogP contribution in [0.5, 0.6) is 11.5 Å². The molecule has 0 heterocycles. The first-order valence-electron chi connectivity index (χ1n) is 12.4. The number of allylic oxidation sites excluding steroid dienone is 2. The fourth-order valence-corrected chi connectivity index (χ4v) is 3.69. The van der Waals surface area contributed by atoms with Crippen molar-refractivity contribution in [1.29, 1.82) is 0 Å².